The maximum atomic E-state index is 5.15. The Kier molecular flexibility index (Phi) is 4.98. The molecule has 0 saturated heterocycles. The highest BCUT2D eigenvalue weighted by Crippen LogP contribution is 1.86. The molecule has 0 heterocycles. The van der Waals surface area contributed by atoms with Crippen molar-refractivity contribution in [3.63, 3.8) is 0 Å². The fourth-order valence-electron chi connectivity index (χ4n) is 0.606. The molecule has 51 valence electrons. The van der Waals surface area contributed by atoms with Crippen molar-refractivity contribution in [2.75, 3.05) is 13.1 Å². The van der Waals surface area contributed by atoms with Crippen LogP contribution in [0.25, 0.3) is 0 Å². The Hall–Kier alpha value is -0.720. The van der Waals surface area contributed by atoms with E-state index >= 15 is 0 Å². The predicted octanol–water partition coefficient (Wildman–Crippen LogP) is 1.83. The van der Waals surface area contributed by atoms with Crippen LogP contribution in [0, 0.1) is 6.58 Å². The number of allylic oxidation sites excluding steroid dienone is 2. The second-order valence-corrected chi connectivity index (χ2v) is 1.76. The monoisotopic (exact) mass is 124 g/mol. The van der Waals surface area contributed by atoms with Crippen molar-refractivity contribution in [1.29, 1.82) is 0 Å². The van der Waals surface area contributed by atoms with Gasteiger partial charge in [-0.2, -0.15) is 0 Å². The van der Waals surface area contributed by atoms with E-state index in [0.29, 0.717) is 0 Å². The maximum absolute atomic E-state index is 5.15. The van der Waals surface area contributed by atoms with Crippen LogP contribution in [0.1, 0.15) is 13.8 Å². The average Bonchev–Trinajstić information content (AvgIpc) is 1.91. The van der Waals surface area contributed by atoms with Crippen molar-refractivity contribution in [3.8, 4) is 0 Å². The molecule has 1 nitrogen and oxygen atoms in total. The Morgan fingerprint density at radius 3 is 2.22 bits per heavy atom. The van der Waals surface area contributed by atoms with Crippen LogP contribution in [0.5, 0.6) is 0 Å². The molecule has 1 heteroatoms. The van der Waals surface area contributed by atoms with Gasteiger partial charge in [0.25, 0.3) is 0 Å². The number of hydrogen-bond acceptors (Lipinski definition) is 1. The van der Waals surface area contributed by atoms with Crippen molar-refractivity contribution >= 4 is 0 Å². The molecule has 1 radical (unpaired) electrons. The number of hydrogen-bond donors (Lipinski definition) is 0. The van der Waals surface area contributed by atoms with E-state index in [0.717, 1.165) is 13.1 Å². The molecule has 0 aliphatic heterocycles. The van der Waals surface area contributed by atoms with E-state index in [1.165, 1.54) is 0 Å². The largest absolute Gasteiger partial charge is 0.378 e. The van der Waals surface area contributed by atoms with Crippen LogP contribution in [0.3, 0.4) is 0 Å². The Bertz CT molecular complexity index is 90.7. The summed E-state index contributed by atoms with van der Waals surface area (Å²) in [5, 5.41) is 0. The van der Waals surface area contributed by atoms with E-state index in [1.807, 2.05) is 12.3 Å². The first-order chi connectivity index (χ1) is 4.35. The fourth-order valence-corrected chi connectivity index (χ4v) is 0.606. The summed E-state index contributed by atoms with van der Waals surface area (Å²) in [5.74, 6) is 0. The second kappa shape index (κ2) is 5.42. The third-order valence-electron chi connectivity index (χ3n) is 1.22. The molecule has 0 unspecified atom stereocenters. The van der Waals surface area contributed by atoms with E-state index in [4.69, 9.17) is 6.58 Å². The Labute approximate surface area is 57.7 Å². The summed E-state index contributed by atoms with van der Waals surface area (Å²) in [6, 6.07) is 0. The van der Waals surface area contributed by atoms with Gasteiger partial charge in [0, 0.05) is 13.1 Å². The molecular formula is C8H14N. The Balaban J connectivity index is 3.53. The van der Waals surface area contributed by atoms with Crippen LogP contribution >= 0.6 is 0 Å². The zero-order valence-electron chi connectivity index (χ0n) is 6.17. The van der Waals surface area contributed by atoms with Gasteiger partial charge >= 0.3 is 0 Å². The average molecular weight is 124 g/mol. The third kappa shape index (κ3) is 3.83. The molecule has 0 saturated carbocycles. The van der Waals surface area contributed by atoms with Crippen molar-refractivity contribution in [2.24, 2.45) is 0 Å². The van der Waals surface area contributed by atoms with Crippen LogP contribution in [-0.4, -0.2) is 18.0 Å². The molecular weight excluding hydrogens is 110 g/mol. The van der Waals surface area contributed by atoms with Gasteiger partial charge in [0.2, 0.25) is 0 Å². The highest BCUT2D eigenvalue weighted by molar-refractivity contribution is 4.94. The van der Waals surface area contributed by atoms with Crippen molar-refractivity contribution in [3.05, 3.63) is 24.9 Å². The summed E-state index contributed by atoms with van der Waals surface area (Å²) in [6.07, 6.45) is 5.37. The molecule has 0 aliphatic carbocycles. The van der Waals surface area contributed by atoms with Gasteiger partial charge in [0.1, 0.15) is 0 Å². The summed E-state index contributed by atoms with van der Waals surface area (Å²) in [4.78, 5) is 2.17. The van der Waals surface area contributed by atoms with Crippen LogP contribution in [0.15, 0.2) is 18.4 Å². The van der Waals surface area contributed by atoms with Crippen LogP contribution in [-0.2, 0) is 0 Å². The molecule has 9 heavy (non-hydrogen) atoms. The summed E-state index contributed by atoms with van der Waals surface area (Å²) >= 11 is 0. The lowest BCUT2D eigenvalue weighted by atomic mass is 10.5. The minimum Gasteiger partial charge on any atom is -0.378 e. The summed E-state index contributed by atoms with van der Waals surface area (Å²) in [7, 11) is 0. The topological polar surface area (TPSA) is 3.24 Å². The quantitative estimate of drug-likeness (QED) is 0.517. The molecule has 0 aliphatic rings. The molecule has 0 aromatic carbocycles. The van der Waals surface area contributed by atoms with Crippen molar-refractivity contribution < 1.29 is 0 Å². The van der Waals surface area contributed by atoms with Crippen molar-refractivity contribution in [2.45, 2.75) is 13.8 Å². The van der Waals surface area contributed by atoms with E-state index in [-0.39, 0.29) is 0 Å². The zero-order chi connectivity index (χ0) is 7.11. The maximum Gasteiger partial charge on any atom is 0.0143 e. The normalized spacial score (nSPS) is 10.0. The molecule has 0 amide bonds. The fraction of sp³-hybridized carbons (Fsp3) is 0.500. The molecule has 0 spiro atoms. The van der Waals surface area contributed by atoms with Gasteiger partial charge in [0.05, 0.1) is 0 Å². The first kappa shape index (κ1) is 8.28. The van der Waals surface area contributed by atoms with Crippen molar-refractivity contribution in [1.82, 2.24) is 4.90 Å². The highest BCUT2D eigenvalue weighted by Gasteiger charge is 1.85. The molecule has 0 bridgehead atoms. The standard InChI is InChI=1S/C8H14N/c1-4-7-8-9(5-2)6-3/h1,4,7-8H,5-6H2,2-3H3/b4-1?,8-7+. The lowest BCUT2D eigenvalue weighted by Gasteiger charge is -2.13. The van der Waals surface area contributed by atoms with Crippen LogP contribution in [0.4, 0.5) is 0 Å². The SMILES string of the molecule is [CH]=C/C=C/N(CC)CC. The zero-order valence-corrected chi connectivity index (χ0v) is 6.17. The summed E-state index contributed by atoms with van der Waals surface area (Å²) in [6.45, 7) is 11.5. The first-order valence-electron chi connectivity index (χ1n) is 3.30. The first-order valence-corrected chi connectivity index (χ1v) is 3.30. The molecule has 0 atom stereocenters. The smallest absolute Gasteiger partial charge is 0.0143 e. The number of nitrogens with zero attached hydrogens (tertiary/aromatic N) is 1. The van der Waals surface area contributed by atoms with E-state index in [2.05, 4.69) is 18.7 Å². The molecule has 0 N–H and O–H groups in total. The highest BCUT2D eigenvalue weighted by atomic mass is 15.1. The molecule has 0 aromatic heterocycles. The summed E-state index contributed by atoms with van der Waals surface area (Å²) in [5.41, 5.74) is 0. The second-order valence-electron chi connectivity index (χ2n) is 1.76. The molecule has 0 fully saturated rings. The minimum atomic E-state index is 1.04. The molecule has 0 aromatic rings. The van der Waals surface area contributed by atoms with Gasteiger partial charge < -0.3 is 4.90 Å². The van der Waals surface area contributed by atoms with E-state index in [9.17, 15) is 0 Å². The van der Waals surface area contributed by atoms with Gasteiger partial charge in [-0.3, -0.25) is 0 Å². The Morgan fingerprint density at radius 1 is 1.33 bits per heavy atom. The van der Waals surface area contributed by atoms with Gasteiger partial charge in [-0.1, -0.05) is 12.7 Å². The predicted molar refractivity (Wildman–Crippen MR) is 40.9 cm³/mol. The van der Waals surface area contributed by atoms with E-state index in [1.54, 1.807) is 6.08 Å². The van der Waals surface area contributed by atoms with Gasteiger partial charge in [-0.15, -0.1) is 0 Å². The summed E-state index contributed by atoms with van der Waals surface area (Å²) < 4.78 is 0. The Morgan fingerprint density at radius 2 is 1.89 bits per heavy atom. The molecule has 0 rings (SSSR count). The minimum absolute atomic E-state index is 1.04. The number of rotatable bonds is 4. The van der Waals surface area contributed by atoms with Gasteiger partial charge in [0.15, 0.2) is 0 Å². The van der Waals surface area contributed by atoms with Gasteiger partial charge in [-0.25, -0.2) is 0 Å². The lowest BCUT2D eigenvalue weighted by molar-refractivity contribution is 0.419. The third-order valence-corrected chi connectivity index (χ3v) is 1.22. The van der Waals surface area contributed by atoms with E-state index < -0.39 is 0 Å². The van der Waals surface area contributed by atoms with Crippen LogP contribution in [0.2, 0.25) is 0 Å². The van der Waals surface area contributed by atoms with Gasteiger partial charge in [-0.05, 0) is 26.1 Å². The lowest BCUT2D eigenvalue weighted by Crippen LogP contribution is -2.14. The van der Waals surface area contributed by atoms with Crippen LogP contribution < -0.4 is 0 Å².